The highest BCUT2D eigenvalue weighted by Crippen LogP contribution is 2.22. The van der Waals surface area contributed by atoms with Gasteiger partial charge < -0.3 is 5.32 Å². The van der Waals surface area contributed by atoms with Gasteiger partial charge >= 0.3 is 0 Å². The Bertz CT molecular complexity index is 629. The van der Waals surface area contributed by atoms with Gasteiger partial charge in [-0.1, -0.05) is 31.3 Å². The summed E-state index contributed by atoms with van der Waals surface area (Å²) in [4.78, 5) is 12.3. The predicted molar refractivity (Wildman–Crippen MR) is 82.4 cm³/mol. The van der Waals surface area contributed by atoms with E-state index in [0.717, 1.165) is 17.8 Å². The number of carbonyl (C=O) groups is 1. The van der Waals surface area contributed by atoms with E-state index in [4.69, 9.17) is 0 Å². The molecule has 0 aliphatic rings. The summed E-state index contributed by atoms with van der Waals surface area (Å²) in [5, 5.41) is 14.7. The minimum absolute atomic E-state index is 0.220. The number of hydrogen-bond donors (Lipinski definition) is 2. The smallest absolute Gasteiger partial charge is 0.259 e. The number of anilines is 2. The number of carbonyl (C=O) groups excluding carboxylic acids is 1. The Hall–Kier alpha value is -2.02. The Balaban J connectivity index is 2.20. The molecule has 7 heteroatoms. The molecule has 1 aromatic heterocycles. The Labute approximate surface area is 126 Å². The van der Waals surface area contributed by atoms with Crippen LogP contribution in [0.3, 0.4) is 0 Å². The summed E-state index contributed by atoms with van der Waals surface area (Å²) >= 11 is 1.32. The average Bonchev–Trinajstić information content (AvgIpc) is 2.93. The minimum Gasteiger partial charge on any atom is -0.382 e. The molecule has 0 aliphatic carbocycles. The number of para-hydroxylation sites is 1. The van der Waals surface area contributed by atoms with Crippen LogP contribution < -0.4 is 10.6 Å². The molecule has 0 aliphatic heterocycles. The number of halogens is 1. The molecular weight excluding hydrogens is 291 g/mol. The molecule has 2 aromatic rings. The van der Waals surface area contributed by atoms with Crippen molar-refractivity contribution in [2.24, 2.45) is 0 Å². The van der Waals surface area contributed by atoms with E-state index in [2.05, 4.69) is 20.8 Å². The number of hydrogen-bond acceptors (Lipinski definition) is 5. The lowest BCUT2D eigenvalue weighted by Gasteiger charge is -2.11. The van der Waals surface area contributed by atoms with Crippen LogP contribution in [0, 0.1) is 5.82 Å². The number of aryl methyl sites for hydroxylation is 1. The van der Waals surface area contributed by atoms with Crippen molar-refractivity contribution in [3.8, 4) is 0 Å². The summed E-state index contributed by atoms with van der Waals surface area (Å²) in [6, 6.07) is 4.42. The van der Waals surface area contributed by atoms with Gasteiger partial charge in [-0.25, -0.2) is 4.39 Å². The van der Waals surface area contributed by atoms with Gasteiger partial charge in [0.05, 0.1) is 11.3 Å². The maximum absolute atomic E-state index is 13.9. The fourth-order valence-corrected chi connectivity index (χ4v) is 2.43. The molecule has 1 aromatic carbocycles. The monoisotopic (exact) mass is 308 g/mol. The van der Waals surface area contributed by atoms with Crippen molar-refractivity contribution in [1.82, 2.24) is 10.2 Å². The number of rotatable bonds is 6. The summed E-state index contributed by atoms with van der Waals surface area (Å²) < 4.78 is 13.9. The number of amides is 1. The SMILES string of the molecule is CCCNc1c(F)cccc1C(=O)Nc1nnc(CC)s1. The lowest BCUT2D eigenvalue weighted by atomic mass is 10.1. The highest BCUT2D eigenvalue weighted by Gasteiger charge is 2.16. The van der Waals surface area contributed by atoms with E-state index in [1.54, 1.807) is 6.07 Å². The molecule has 112 valence electrons. The molecule has 0 saturated heterocycles. The maximum atomic E-state index is 13.9. The van der Waals surface area contributed by atoms with Crippen LogP contribution in [0.5, 0.6) is 0 Å². The van der Waals surface area contributed by atoms with Gasteiger partial charge in [0.1, 0.15) is 10.8 Å². The van der Waals surface area contributed by atoms with E-state index in [1.807, 2.05) is 13.8 Å². The van der Waals surface area contributed by atoms with E-state index in [1.165, 1.54) is 23.5 Å². The molecular formula is C14H17FN4OS. The van der Waals surface area contributed by atoms with Crippen LogP contribution >= 0.6 is 11.3 Å². The maximum Gasteiger partial charge on any atom is 0.259 e. The summed E-state index contributed by atoms with van der Waals surface area (Å²) in [7, 11) is 0. The second-order valence-electron chi connectivity index (χ2n) is 4.40. The molecule has 0 spiro atoms. The van der Waals surface area contributed by atoms with E-state index in [9.17, 15) is 9.18 Å². The Morgan fingerprint density at radius 1 is 1.33 bits per heavy atom. The molecule has 0 atom stereocenters. The topological polar surface area (TPSA) is 66.9 Å². The van der Waals surface area contributed by atoms with Crippen molar-refractivity contribution in [1.29, 1.82) is 0 Å². The molecule has 5 nitrogen and oxygen atoms in total. The zero-order chi connectivity index (χ0) is 15.2. The fraction of sp³-hybridized carbons (Fsp3) is 0.357. The summed E-state index contributed by atoms with van der Waals surface area (Å²) in [5.41, 5.74) is 0.480. The van der Waals surface area contributed by atoms with Crippen LogP contribution in [0.15, 0.2) is 18.2 Å². The number of aromatic nitrogens is 2. The molecule has 2 rings (SSSR count). The van der Waals surface area contributed by atoms with Crippen molar-refractivity contribution >= 4 is 28.1 Å². The summed E-state index contributed by atoms with van der Waals surface area (Å²) in [6.07, 6.45) is 1.60. The van der Waals surface area contributed by atoms with E-state index < -0.39 is 11.7 Å². The van der Waals surface area contributed by atoms with Crippen LogP contribution in [0.25, 0.3) is 0 Å². The van der Waals surface area contributed by atoms with Gasteiger partial charge in [0.2, 0.25) is 5.13 Å². The first-order chi connectivity index (χ1) is 10.2. The molecule has 1 heterocycles. The van der Waals surface area contributed by atoms with E-state index in [0.29, 0.717) is 11.7 Å². The van der Waals surface area contributed by atoms with E-state index in [-0.39, 0.29) is 11.3 Å². The Morgan fingerprint density at radius 2 is 2.14 bits per heavy atom. The van der Waals surface area contributed by atoms with E-state index >= 15 is 0 Å². The van der Waals surface area contributed by atoms with Crippen molar-refractivity contribution < 1.29 is 9.18 Å². The summed E-state index contributed by atoms with van der Waals surface area (Å²) in [6.45, 7) is 4.53. The van der Waals surface area contributed by atoms with Crippen molar-refractivity contribution in [3.63, 3.8) is 0 Å². The van der Waals surface area contributed by atoms with Gasteiger partial charge in [0.25, 0.3) is 5.91 Å². The second-order valence-corrected chi connectivity index (χ2v) is 5.46. The van der Waals surface area contributed by atoms with Crippen molar-refractivity contribution in [2.45, 2.75) is 26.7 Å². The largest absolute Gasteiger partial charge is 0.382 e. The highest BCUT2D eigenvalue weighted by molar-refractivity contribution is 7.15. The first-order valence-corrected chi connectivity index (χ1v) is 7.63. The predicted octanol–water partition coefficient (Wildman–Crippen LogP) is 3.31. The third-order valence-electron chi connectivity index (χ3n) is 2.80. The lowest BCUT2D eigenvalue weighted by Crippen LogP contribution is -2.16. The average molecular weight is 308 g/mol. The van der Waals surface area contributed by atoms with Gasteiger partial charge in [-0.2, -0.15) is 0 Å². The van der Waals surface area contributed by atoms with Crippen LogP contribution in [0.1, 0.15) is 35.6 Å². The summed E-state index contributed by atoms with van der Waals surface area (Å²) in [5.74, 6) is -0.838. The quantitative estimate of drug-likeness (QED) is 0.859. The van der Waals surface area contributed by atoms with Gasteiger partial charge in [-0.3, -0.25) is 10.1 Å². The Morgan fingerprint density at radius 3 is 2.81 bits per heavy atom. The van der Waals surface area contributed by atoms with Crippen LogP contribution in [-0.2, 0) is 6.42 Å². The van der Waals surface area contributed by atoms with Gasteiger partial charge in [0.15, 0.2) is 0 Å². The standard InChI is InChI=1S/C14H17FN4OS/c1-3-8-16-12-9(6-5-7-10(12)15)13(20)17-14-19-18-11(4-2)21-14/h5-7,16H,3-4,8H2,1-2H3,(H,17,19,20). The number of benzene rings is 1. The van der Waals surface area contributed by atoms with Crippen LogP contribution in [0.2, 0.25) is 0 Å². The van der Waals surface area contributed by atoms with Crippen LogP contribution in [-0.4, -0.2) is 22.6 Å². The fourth-order valence-electron chi connectivity index (χ4n) is 1.75. The molecule has 0 radical (unpaired) electrons. The molecule has 21 heavy (non-hydrogen) atoms. The van der Waals surface area contributed by atoms with Gasteiger partial charge in [-0.05, 0) is 25.0 Å². The van der Waals surface area contributed by atoms with Crippen molar-refractivity contribution in [3.05, 3.63) is 34.6 Å². The first kappa shape index (κ1) is 15.4. The molecule has 0 fully saturated rings. The lowest BCUT2D eigenvalue weighted by molar-refractivity contribution is 0.102. The minimum atomic E-state index is -0.442. The zero-order valence-electron chi connectivity index (χ0n) is 11.9. The number of nitrogens with one attached hydrogen (secondary N) is 2. The molecule has 1 amide bonds. The Kier molecular flexibility index (Phi) is 5.21. The molecule has 0 bridgehead atoms. The number of nitrogens with zero attached hydrogens (tertiary/aromatic N) is 2. The first-order valence-electron chi connectivity index (χ1n) is 6.81. The molecule has 0 saturated carbocycles. The highest BCUT2D eigenvalue weighted by atomic mass is 32.1. The third kappa shape index (κ3) is 3.75. The molecule has 2 N–H and O–H groups in total. The van der Waals surface area contributed by atoms with Crippen LogP contribution in [0.4, 0.5) is 15.2 Å². The second kappa shape index (κ2) is 7.12. The van der Waals surface area contributed by atoms with Gasteiger partial charge in [0, 0.05) is 6.54 Å². The zero-order valence-corrected chi connectivity index (χ0v) is 12.8. The van der Waals surface area contributed by atoms with Gasteiger partial charge in [-0.15, -0.1) is 10.2 Å². The normalized spacial score (nSPS) is 10.4. The third-order valence-corrected chi connectivity index (χ3v) is 3.78. The molecule has 0 unspecified atom stereocenters. The van der Waals surface area contributed by atoms with Crippen molar-refractivity contribution in [2.75, 3.05) is 17.2 Å².